The van der Waals surface area contributed by atoms with Crippen molar-refractivity contribution in [1.82, 2.24) is 10.2 Å². The number of benzene rings is 2. The fourth-order valence-electron chi connectivity index (χ4n) is 2.68. The maximum absolute atomic E-state index is 12.8. The molecule has 1 atom stereocenters. The molecule has 0 unspecified atom stereocenters. The van der Waals surface area contributed by atoms with Crippen molar-refractivity contribution in [1.29, 1.82) is 0 Å². The zero-order valence-corrected chi connectivity index (χ0v) is 16.6. The van der Waals surface area contributed by atoms with Crippen molar-refractivity contribution >= 4 is 51.2 Å². The van der Waals surface area contributed by atoms with E-state index in [-0.39, 0.29) is 11.9 Å². The Hall–Kier alpha value is -1.50. The molecule has 7 heteroatoms. The maximum atomic E-state index is 12.8. The Bertz CT molecular complexity index is 815. The second-order valence-corrected chi connectivity index (χ2v) is 8.35. The first kappa shape index (κ1) is 18.3. The minimum Gasteiger partial charge on any atom is -0.319 e. The molecule has 2 aromatic rings. The number of carbonyl (C=O) groups is 2. The number of imide groups is 1. The number of carbonyl (C=O) groups excluding carboxylic acids is 2. The van der Waals surface area contributed by atoms with E-state index in [1.807, 2.05) is 48.5 Å². The molecule has 130 valence electrons. The lowest BCUT2D eigenvalue weighted by Gasteiger charge is -2.22. The van der Waals surface area contributed by atoms with E-state index in [4.69, 9.17) is 11.6 Å². The number of nitrogens with one attached hydrogen (secondary N) is 1. The van der Waals surface area contributed by atoms with E-state index < -0.39 is 5.54 Å². The van der Waals surface area contributed by atoms with Gasteiger partial charge >= 0.3 is 6.03 Å². The van der Waals surface area contributed by atoms with Crippen molar-refractivity contribution < 1.29 is 9.59 Å². The van der Waals surface area contributed by atoms with Gasteiger partial charge in [0.1, 0.15) is 5.54 Å². The van der Waals surface area contributed by atoms with Crippen molar-refractivity contribution in [2.45, 2.75) is 17.4 Å². The van der Waals surface area contributed by atoms with Gasteiger partial charge in [0.2, 0.25) is 0 Å². The van der Waals surface area contributed by atoms with Gasteiger partial charge in [-0.15, -0.1) is 11.8 Å². The van der Waals surface area contributed by atoms with Crippen LogP contribution in [0.5, 0.6) is 0 Å². The fraction of sp³-hybridized carbons (Fsp3) is 0.222. The van der Waals surface area contributed by atoms with Gasteiger partial charge in [-0.05, 0) is 48.9 Å². The van der Waals surface area contributed by atoms with Gasteiger partial charge in [-0.25, -0.2) is 4.79 Å². The molecule has 0 radical (unpaired) electrons. The summed E-state index contributed by atoms with van der Waals surface area (Å²) in [6.45, 7) is 2.09. The molecule has 1 heterocycles. The highest BCUT2D eigenvalue weighted by molar-refractivity contribution is 9.10. The van der Waals surface area contributed by atoms with Gasteiger partial charge in [0.05, 0.1) is 0 Å². The van der Waals surface area contributed by atoms with Crippen molar-refractivity contribution in [3.8, 4) is 0 Å². The number of halogens is 2. The second kappa shape index (κ2) is 7.40. The van der Waals surface area contributed by atoms with Crippen LogP contribution in [0.3, 0.4) is 0 Å². The van der Waals surface area contributed by atoms with Gasteiger partial charge in [0.25, 0.3) is 5.91 Å². The molecule has 25 heavy (non-hydrogen) atoms. The largest absolute Gasteiger partial charge is 0.325 e. The van der Waals surface area contributed by atoms with E-state index in [1.54, 1.807) is 18.7 Å². The molecule has 0 aromatic heterocycles. The lowest BCUT2D eigenvalue weighted by Crippen LogP contribution is -2.41. The summed E-state index contributed by atoms with van der Waals surface area (Å²) in [5.74, 6) is 0.391. The van der Waals surface area contributed by atoms with Crippen molar-refractivity contribution in [3.05, 3.63) is 63.6 Å². The molecule has 0 spiro atoms. The van der Waals surface area contributed by atoms with E-state index in [9.17, 15) is 9.59 Å². The molecule has 3 amide bonds. The third-order valence-corrected chi connectivity index (χ3v) is 5.81. The Labute approximate surface area is 164 Å². The first-order valence-electron chi connectivity index (χ1n) is 7.69. The van der Waals surface area contributed by atoms with E-state index in [0.29, 0.717) is 17.3 Å². The number of hydrogen-bond donors (Lipinski definition) is 1. The van der Waals surface area contributed by atoms with Crippen molar-refractivity contribution in [2.24, 2.45) is 0 Å². The summed E-state index contributed by atoms with van der Waals surface area (Å²) < 4.78 is 0.866. The Morgan fingerprint density at radius 3 is 2.60 bits per heavy atom. The summed E-state index contributed by atoms with van der Waals surface area (Å²) >= 11 is 10.9. The van der Waals surface area contributed by atoms with Crippen LogP contribution in [0.4, 0.5) is 4.79 Å². The lowest BCUT2D eigenvalue weighted by atomic mass is 9.92. The molecule has 0 aliphatic carbocycles. The molecule has 4 nitrogen and oxygen atoms in total. The van der Waals surface area contributed by atoms with Gasteiger partial charge in [0, 0.05) is 26.7 Å². The summed E-state index contributed by atoms with van der Waals surface area (Å²) in [5, 5.41) is 3.50. The normalized spacial score (nSPS) is 20.0. The van der Waals surface area contributed by atoms with E-state index in [1.165, 1.54) is 4.90 Å². The van der Waals surface area contributed by atoms with Gasteiger partial charge in [-0.1, -0.05) is 39.7 Å². The first-order valence-corrected chi connectivity index (χ1v) is 9.84. The maximum Gasteiger partial charge on any atom is 0.325 e. The highest BCUT2D eigenvalue weighted by Crippen LogP contribution is 2.31. The van der Waals surface area contributed by atoms with Crippen LogP contribution in [0, 0.1) is 0 Å². The zero-order valence-electron chi connectivity index (χ0n) is 13.5. The summed E-state index contributed by atoms with van der Waals surface area (Å²) in [7, 11) is 0. The SMILES string of the molecule is C[C@]1(c2cccc(Br)c2)NC(=O)N(CCSc2ccc(Cl)cc2)C1=O. The molecule has 1 saturated heterocycles. The van der Waals surface area contributed by atoms with Gasteiger partial charge < -0.3 is 5.32 Å². The Morgan fingerprint density at radius 1 is 1.20 bits per heavy atom. The molecular weight excluding hydrogens is 424 g/mol. The van der Waals surface area contributed by atoms with Crippen LogP contribution in [-0.2, 0) is 10.3 Å². The molecule has 1 N–H and O–H groups in total. The number of hydrogen-bond acceptors (Lipinski definition) is 3. The van der Waals surface area contributed by atoms with Gasteiger partial charge in [-0.3, -0.25) is 9.69 Å². The summed E-state index contributed by atoms with van der Waals surface area (Å²) in [4.78, 5) is 27.5. The van der Waals surface area contributed by atoms with Crippen LogP contribution < -0.4 is 5.32 Å². The fourth-order valence-corrected chi connectivity index (χ4v) is 4.04. The number of urea groups is 1. The van der Waals surface area contributed by atoms with Crippen LogP contribution in [0.2, 0.25) is 5.02 Å². The van der Waals surface area contributed by atoms with Crippen molar-refractivity contribution in [2.75, 3.05) is 12.3 Å². The third-order valence-electron chi connectivity index (χ3n) is 4.07. The number of thioether (sulfide) groups is 1. The number of rotatable bonds is 5. The Balaban J connectivity index is 1.68. The van der Waals surface area contributed by atoms with Gasteiger partial charge in [-0.2, -0.15) is 0 Å². The third kappa shape index (κ3) is 3.86. The minimum atomic E-state index is -1.04. The van der Waals surface area contributed by atoms with E-state index in [0.717, 1.165) is 14.9 Å². The standard InChI is InChI=1S/C18H16BrClN2O2S/c1-18(12-3-2-4-13(19)11-12)16(23)22(17(24)21-18)9-10-25-15-7-5-14(20)6-8-15/h2-8,11H,9-10H2,1H3,(H,21,24)/t18-/m1/s1. The quantitative estimate of drug-likeness (QED) is 0.544. The molecule has 1 fully saturated rings. The molecule has 1 aliphatic rings. The lowest BCUT2D eigenvalue weighted by molar-refractivity contribution is -0.130. The van der Waals surface area contributed by atoms with Crippen LogP contribution in [0.15, 0.2) is 57.9 Å². The molecular formula is C18H16BrClN2O2S. The number of amides is 3. The van der Waals surface area contributed by atoms with Crippen molar-refractivity contribution in [3.63, 3.8) is 0 Å². The Morgan fingerprint density at radius 2 is 1.92 bits per heavy atom. The van der Waals surface area contributed by atoms with Crippen LogP contribution in [-0.4, -0.2) is 29.1 Å². The predicted molar refractivity (Wildman–Crippen MR) is 104 cm³/mol. The average molecular weight is 440 g/mol. The molecule has 3 rings (SSSR count). The second-order valence-electron chi connectivity index (χ2n) is 5.82. The van der Waals surface area contributed by atoms with Gasteiger partial charge in [0.15, 0.2) is 0 Å². The molecule has 1 aliphatic heterocycles. The summed E-state index contributed by atoms with van der Waals surface area (Å²) in [6.07, 6.45) is 0. The highest BCUT2D eigenvalue weighted by Gasteiger charge is 2.48. The first-order chi connectivity index (χ1) is 11.9. The zero-order chi connectivity index (χ0) is 18.0. The number of nitrogens with zero attached hydrogens (tertiary/aromatic N) is 1. The highest BCUT2D eigenvalue weighted by atomic mass is 79.9. The topological polar surface area (TPSA) is 49.4 Å². The average Bonchev–Trinajstić information content (AvgIpc) is 2.81. The van der Waals surface area contributed by atoms with E-state index in [2.05, 4.69) is 21.2 Å². The smallest absolute Gasteiger partial charge is 0.319 e. The van der Waals surface area contributed by atoms with Crippen LogP contribution in [0.25, 0.3) is 0 Å². The summed E-state index contributed by atoms with van der Waals surface area (Å²) in [5.41, 5.74) is -0.278. The van der Waals surface area contributed by atoms with Crippen LogP contribution in [0.1, 0.15) is 12.5 Å². The molecule has 0 saturated carbocycles. The molecule has 2 aromatic carbocycles. The minimum absolute atomic E-state index is 0.229. The monoisotopic (exact) mass is 438 g/mol. The predicted octanol–water partition coefficient (Wildman–Crippen LogP) is 4.66. The molecule has 0 bridgehead atoms. The Kier molecular flexibility index (Phi) is 5.41. The summed E-state index contributed by atoms with van der Waals surface area (Å²) in [6, 6.07) is 14.6. The van der Waals surface area contributed by atoms with Crippen LogP contribution >= 0.6 is 39.3 Å². The van der Waals surface area contributed by atoms with E-state index >= 15 is 0 Å².